The highest BCUT2D eigenvalue weighted by molar-refractivity contribution is 5.26. The van der Waals surface area contributed by atoms with Crippen LogP contribution in [0.3, 0.4) is 0 Å². The zero-order chi connectivity index (χ0) is 13.9. The Morgan fingerprint density at radius 3 is 2.37 bits per heavy atom. The van der Waals surface area contributed by atoms with Crippen molar-refractivity contribution in [3.05, 3.63) is 29.8 Å². The van der Waals surface area contributed by atoms with Gasteiger partial charge in [0.2, 0.25) is 0 Å². The van der Waals surface area contributed by atoms with Crippen LogP contribution in [0.15, 0.2) is 24.3 Å². The van der Waals surface area contributed by atoms with E-state index in [0.29, 0.717) is 0 Å². The predicted octanol–water partition coefficient (Wildman–Crippen LogP) is 2.91. The van der Waals surface area contributed by atoms with Crippen molar-refractivity contribution in [1.29, 1.82) is 0 Å². The van der Waals surface area contributed by atoms with E-state index in [1.54, 1.807) is 7.11 Å². The summed E-state index contributed by atoms with van der Waals surface area (Å²) < 4.78 is 5.17. The van der Waals surface area contributed by atoms with Crippen LogP contribution in [0.25, 0.3) is 0 Å². The molecule has 0 fully saturated rings. The first kappa shape index (κ1) is 16.0. The number of methoxy groups -OCH3 is 1. The third-order valence-electron chi connectivity index (χ3n) is 3.33. The number of ether oxygens (including phenoxy) is 1. The Bertz CT molecular complexity index is 324. The van der Waals surface area contributed by atoms with Crippen LogP contribution in [-0.4, -0.2) is 39.2 Å². The van der Waals surface area contributed by atoms with E-state index in [0.717, 1.165) is 18.8 Å². The molecule has 0 bridgehead atoms. The van der Waals surface area contributed by atoms with Crippen LogP contribution in [0.1, 0.15) is 31.2 Å². The molecule has 19 heavy (non-hydrogen) atoms. The highest BCUT2D eigenvalue weighted by Crippen LogP contribution is 2.12. The van der Waals surface area contributed by atoms with Crippen LogP contribution in [0, 0.1) is 0 Å². The molecule has 1 N–H and O–H groups in total. The Balaban J connectivity index is 2.14. The summed E-state index contributed by atoms with van der Waals surface area (Å²) in [5.41, 5.74) is 1.35. The first-order valence-electron chi connectivity index (χ1n) is 7.22. The molecule has 0 saturated heterocycles. The highest BCUT2D eigenvalue weighted by Gasteiger charge is 2.00. The summed E-state index contributed by atoms with van der Waals surface area (Å²) in [5, 5.41) is 3.19. The lowest BCUT2D eigenvalue weighted by atomic mass is 10.1. The van der Waals surface area contributed by atoms with Gasteiger partial charge in [-0.2, -0.15) is 0 Å². The van der Waals surface area contributed by atoms with E-state index < -0.39 is 0 Å². The second kappa shape index (κ2) is 9.82. The van der Waals surface area contributed by atoms with Crippen molar-refractivity contribution in [2.75, 3.05) is 34.3 Å². The van der Waals surface area contributed by atoms with Crippen molar-refractivity contribution in [3.8, 4) is 5.75 Å². The average molecular weight is 264 g/mol. The molecule has 0 aliphatic heterocycles. The first-order valence-corrected chi connectivity index (χ1v) is 7.22. The third-order valence-corrected chi connectivity index (χ3v) is 3.33. The lowest BCUT2D eigenvalue weighted by Crippen LogP contribution is -2.19. The number of hydrogen-bond acceptors (Lipinski definition) is 3. The van der Waals surface area contributed by atoms with E-state index in [2.05, 4.69) is 29.4 Å². The van der Waals surface area contributed by atoms with E-state index >= 15 is 0 Å². The monoisotopic (exact) mass is 264 g/mol. The standard InChI is InChI=1S/C16H28N2O/c1-17-12-6-4-5-7-13-18(2)14-15-8-10-16(19-3)11-9-15/h8-11,17H,4-7,12-14H2,1-3H3. The SMILES string of the molecule is CNCCCCCCN(C)Cc1ccc(OC)cc1. The van der Waals surface area contributed by atoms with Crippen LogP contribution in [0.4, 0.5) is 0 Å². The van der Waals surface area contributed by atoms with Crippen LogP contribution >= 0.6 is 0 Å². The number of nitrogens with one attached hydrogen (secondary N) is 1. The molecule has 0 unspecified atom stereocenters. The molecule has 108 valence electrons. The van der Waals surface area contributed by atoms with E-state index in [9.17, 15) is 0 Å². The van der Waals surface area contributed by atoms with Gasteiger partial charge in [-0.05, 0) is 57.7 Å². The molecular formula is C16H28N2O. The molecule has 0 aliphatic carbocycles. The van der Waals surface area contributed by atoms with Crippen molar-refractivity contribution in [3.63, 3.8) is 0 Å². The van der Waals surface area contributed by atoms with E-state index in [-0.39, 0.29) is 0 Å². The van der Waals surface area contributed by atoms with Crippen molar-refractivity contribution in [2.24, 2.45) is 0 Å². The third kappa shape index (κ3) is 7.19. The molecule has 0 aromatic heterocycles. The fraction of sp³-hybridized carbons (Fsp3) is 0.625. The van der Waals surface area contributed by atoms with Gasteiger partial charge in [-0.3, -0.25) is 0 Å². The molecule has 3 heteroatoms. The molecule has 0 amide bonds. The van der Waals surface area contributed by atoms with Crippen LogP contribution in [0.5, 0.6) is 5.75 Å². The van der Waals surface area contributed by atoms with Gasteiger partial charge in [-0.1, -0.05) is 25.0 Å². The molecule has 0 radical (unpaired) electrons. The van der Waals surface area contributed by atoms with Gasteiger partial charge in [0, 0.05) is 6.54 Å². The molecule has 0 aliphatic rings. The van der Waals surface area contributed by atoms with Gasteiger partial charge >= 0.3 is 0 Å². The summed E-state index contributed by atoms with van der Waals surface area (Å²) in [6, 6.07) is 8.34. The minimum absolute atomic E-state index is 0.927. The first-order chi connectivity index (χ1) is 9.26. The Labute approximate surface area is 118 Å². The molecule has 0 heterocycles. The molecule has 3 nitrogen and oxygen atoms in total. The van der Waals surface area contributed by atoms with Gasteiger partial charge in [0.15, 0.2) is 0 Å². The van der Waals surface area contributed by atoms with E-state index in [1.807, 2.05) is 19.2 Å². The number of rotatable bonds is 10. The maximum Gasteiger partial charge on any atom is 0.118 e. The number of nitrogens with zero attached hydrogens (tertiary/aromatic N) is 1. The van der Waals surface area contributed by atoms with Crippen molar-refractivity contribution < 1.29 is 4.74 Å². The Kier molecular flexibility index (Phi) is 8.26. The molecule has 0 saturated carbocycles. The second-order valence-electron chi connectivity index (χ2n) is 5.10. The zero-order valence-corrected chi connectivity index (χ0v) is 12.6. The normalized spacial score (nSPS) is 10.9. The Hall–Kier alpha value is -1.06. The quantitative estimate of drug-likeness (QED) is 0.658. The minimum Gasteiger partial charge on any atom is -0.497 e. The smallest absolute Gasteiger partial charge is 0.118 e. The van der Waals surface area contributed by atoms with Gasteiger partial charge < -0.3 is 15.0 Å². The topological polar surface area (TPSA) is 24.5 Å². The van der Waals surface area contributed by atoms with Gasteiger partial charge in [-0.25, -0.2) is 0 Å². The highest BCUT2D eigenvalue weighted by atomic mass is 16.5. The molecule has 1 rings (SSSR count). The lowest BCUT2D eigenvalue weighted by Gasteiger charge is -2.16. The number of unbranched alkanes of at least 4 members (excludes halogenated alkanes) is 3. The molecular weight excluding hydrogens is 236 g/mol. The maximum absolute atomic E-state index is 5.17. The van der Waals surface area contributed by atoms with Crippen LogP contribution in [0.2, 0.25) is 0 Å². The summed E-state index contributed by atoms with van der Waals surface area (Å²) >= 11 is 0. The second-order valence-corrected chi connectivity index (χ2v) is 5.10. The molecule has 0 spiro atoms. The number of benzene rings is 1. The molecule has 1 aromatic carbocycles. The summed E-state index contributed by atoms with van der Waals surface area (Å²) in [5.74, 6) is 0.927. The summed E-state index contributed by atoms with van der Waals surface area (Å²) in [6.45, 7) is 3.33. The maximum atomic E-state index is 5.17. The summed E-state index contributed by atoms with van der Waals surface area (Å²) in [4.78, 5) is 2.39. The Morgan fingerprint density at radius 2 is 1.74 bits per heavy atom. The lowest BCUT2D eigenvalue weighted by molar-refractivity contribution is 0.316. The fourth-order valence-electron chi connectivity index (χ4n) is 2.16. The number of hydrogen-bond donors (Lipinski definition) is 1. The van der Waals surface area contributed by atoms with Gasteiger partial charge in [0.05, 0.1) is 7.11 Å². The Morgan fingerprint density at radius 1 is 1.05 bits per heavy atom. The van der Waals surface area contributed by atoms with Crippen LogP contribution < -0.4 is 10.1 Å². The van der Waals surface area contributed by atoms with E-state index in [4.69, 9.17) is 4.74 Å². The van der Waals surface area contributed by atoms with Gasteiger partial charge in [0.25, 0.3) is 0 Å². The van der Waals surface area contributed by atoms with Crippen LogP contribution in [-0.2, 0) is 6.54 Å². The predicted molar refractivity (Wildman–Crippen MR) is 81.7 cm³/mol. The van der Waals surface area contributed by atoms with Gasteiger partial charge in [-0.15, -0.1) is 0 Å². The van der Waals surface area contributed by atoms with Crippen molar-refractivity contribution in [1.82, 2.24) is 10.2 Å². The van der Waals surface area contributed by atoms with Gasteiger partial charge in [0.1, 0.15) is 5.75 Å². The molecule has 0 atom stereocenters. The zero-order valence-electron chi connectivity index (χ0n) is 12.6. The summed E-state index contributed by atoms with van der Waals surface area (Å²) in [7, 11) is 5.91. The summed E-state index contributed by atoms with van der Waals surface area (Å²) in [6.07, 6.45) is 5.24. The average Bonchev–Trinajstić information content (AvgIpc) is 2.43. The fourth-order valence-corrected chi connectivity index (χ4v) is 2.16. The van der Waals surface area contributed by atoms with Crippen molar-refractivity contribution >= 4 is 0 Å². The largest absolute Gasteiger partial charge is 0.497 e. The minimum atomic E-state index is 0.927. The molecule has 1 aromatic rings. The van der Waals surface area contributed by atoms with E-state index in [1.165, 1.54) is 37.8 Å². The van der Waals surface area contributed by atoms with Crippen molar-refractivity contribution in [2.45, 2.75) is 32.2 Å².